The number of ether oxygens (including phenoxy) is 1. The third-order valence-corrected chi connectivity index (χ3v) is 5.10. The van der Waals surface area contributed by atoms with E-state index in [0.717, 1.165) is 51.5 Å². The molecule has 2 amide bonds. The minimum absolute atomic E-state index is 0.308. The quantitative estimate of drug-likeness (QED) is 0.852. The fourth-order valence-corrected chi connectivity index (χ4v) is 3.60. The first-order chi connectivity index (χ1) is 12.2. The lowest BCUT2D eigenvalue weighted by Crippen LogP contribution is -2.38. The molecule has 2 fully saturated rings. The smallest absolute Gasteiger partial charge is 0.314 e. The van der Waals surface area contributed by atoms with Crippen molar-refractivity contribution in [3.8, 4) is 5.75 Å². The molecule has 25 heavy (non-hydrogen) atoms. The third kappa shape index (κ3) is 5.61. The number of carbonyl (C=O) groups excluding carboxylic acids is 1. The van der Waals surface area contributed by atoms with Crippen LogP contribution in [0.15, 0.2) is 24.3 Å². The second-order valence-electron chi connectivity index (χ2n) is 7.00. The van der Waals surface area contributed by atoms with Crippen molar-refractivity contribution in [1.29, 1.82) is 0 Å². The molecule has 0 saturated carbocycles. The first-order valence-electron chi connectivity index (χ1n) is 9.41. The van der Waals surface area contributed by atoms with E-state index < -0.39 is 0 Å². The molecule has 1 aromatic carbocycles. The van der Waals surface area contributed by atoms with E-state index in [-0.39, 0.29) is 6.03 Å². The summed E-state index contributed by atoms with van der Waals surface area (Å²) in [7, 11) is 0. The first-order valence-corrected chi connectivity index (χ1v) is 9.41. The van der Waals surface area contributed by atoms with Crippen LogP contribution in [0.3, 0.4) is 0 Å². The monoisotopic (exact) mass is 346 g/mol. The number of urea groups is 1. The van der Waals surface area contributed by atoms with Crippen LogP contribution in [0.5, 0.6) is 5.75 Å². The van der Waals surface area contributed by atoms with Crippen LogP contribution in [-0.4, -0.2) is 73.2 Å². The predicted molar refractivity (Wildman–Crippen MR) is 98.7 cm³/mol. The zero-order chi connectivity index (χ0) is 17.5. The topological polar surface area (TPSA) is 62.0 Å². The van der Waals surface area contributed by atoms with Gasteiger partial charge in [0.15, 0.2) is 0 Å². The summed E-state index contributed by atoms with van der Waals surface area (Å²) in [5.41, 5.74) is 6.66. The Hall–Kier alpha value is -1.79. The fourth-order valence-electron chi connectivity index (χ4n) is 3.60. The Balaban J connectivity index is 1.41. The second-order valence-corrected chi connectivity index (χ2v) is 7.00. The molecule has 0 aliphatic carbocycles. The van der Waals surface area contributed by atoms with Crippen molar-refractivity contribution in [1.82, 2.24) is 14.7 Å². The van der Waals surface area contributed by atoms with Gasteiger partial charge in [-0.3, -0.25) is 9.80 Å². The Morgan fingerprint density at radius 3 is 2.36 bits per heavy atom. The number of benzene rings is 1. The van der Waals surface area contributed by atoms with Crippen LogP contribution in [0.2, 0.25) is 0 Å². The predicted octanol–water partition coefficient (Wildman–Crippen LogP) is 1.75. The lowest BCUT2D eigenvalue weighted by molar-refractivity contribution is 0.207. The molecule has 0 atom stereocenters. The van der Waals surface area contributed by atoms with E-state index >= 15 is 0 Å². The van der Waals surface area contributed by atoms with Crippen LogP contribution in [0.25, 0.3) is 0 Å². The van der Waals surface area contributed by atoms with Gasteiger partial charge in [0.1, 0.15) is 12.4 Å². The molecule has 2 heterocycles. The standard InChI is InChI=1S/C19H30N4O2/c20-19(24)23-11-3-10-22(12-13-23)16-17-4-6-18(7-5-17)25-15-14-21-8-1-2-9-21/h4-7H,1-3,8-16H2,(H2,20,24). The Labute approximate surface area is 150 Å². The fraction of sp³-hybridized carbons (Fsp3) is 0.632. The summed E-state index contributed by atoms with van der Waals surface area (Å²) in [6.45, 7) is 8.45. The molecule has 2 saturated heterocycles. The van der Waals surface area contributed by atoms with Gasteiger partial charge in [-0.2, -0.15) is 0 Å². The van der Waals surface area contributed by atoms with Gasteiger partial charge < -0.3 is 15.4 Å². The highest BCUT2D eigenvalue weighted by atomic mass is 16.5. The summed E-state index contributed by atoms with van der Waals surface area (Å²) < 4.78 is 5.86. The van der Waals surface area contributed by atoms with Crippen LogP contribution in [0.1, 0.15) is 24.8 Å². The van der Waals surface area contributed by atoms with Gasteiger partial charge in [0.2, 0.25) is 0 Å². The number of amides is 2. The number of hydrogen-bond acceptors (Lipinski definition) is 4. The Bertz CT molecular complexity index is 543. The van der Waals surface area contributed by atoms with Crippen molar-refractivity contribution in [2.45, 2.75) is 25.8 Å². The molecule has 6 heteroatoms. The lowest BCUT2D eigenvalue weighted by atomic mass is 10.2. The van der Waals surface area contributed by atoms with Crippen molar-refractivity contribution in [2.75, 3.05) is 52.4 Å². The average Bonchev–Trinajstić information content (AvgIpc) is 3.01. The molecule has 3 rings (SSSR count). The molecule has 0 aromatic heterocycles. The van der Waals surface area contributed by atoms with Gasteiger partial charge in [0.05, 0.1) is 0 Å². The molecule has 2 aliphatic heterocycles. The van der Waals surface area contributed by atoms with Crippen LogP contribution in [-0.2, 0) is 6.54 Å². The second kappa shape index (κ2) is 9.06. The number of nitrogens with two attached hydrogens (primary N) is 1. The van der Waals surface area contributed by atoms with Crippen LogP contribution in [0.4, 0.5) is 4.79 Å². The minimum atomic E-state index is -0.308. The maximum Gasteiger partial charge on any atom is 0.314 e. The van der Waals surface area contributed by atoms with Gasteiger partial charge in [-0.05, 0) is 50.0 Å². The molecule has 1 aromatic rings. The highest BCUT2D eigenvalue weighted by molar-refractivity contribution is 5.71. The lowest BCUT2D eigenvalue weighted by Gasteiger charge is -2.21. The van der Waals surface area contributed by atoms with Crippen molar-refractivity contribution >= 4 is 6.03 Å². The molecular formula is C19H30N4O2. The van der Waals surface area contributed by atoms with Crippen molar-refractivity contribution in [3.63, 3.8) is 0 Å². The van der Waals surface area contributed by atoms with Gasteiger partial charge in [-0.25, -0.2) is 4.79 Å². The van der Waals surface area contributed by atoms with Crippen LogP contribution in [0, 0.1) is 0 Å². The highest BCUT2D eigenvalue weighted by Crippen LogP contribution is 2.15. The van der Waals surface area contributed by atoms with E-state index in [1.54, 1.807) is 4.90 Å². The number of hydrogen-bond donors (Lipinski definition) is 1. The zero-order valence-corrected chi connectivity index (χ0v) is 15.0. The Morgan fingerprint density at radius 2 is 1.64 bits per heavy atom. The van der Waals surface area contributed by atoms with E-state index in [4.69, 9.17) is 10.5 Å². The molecule has 0 radical (unpaired) electrons. The van der Waals surface area contributed by atoms with Crippen LogP contribution < -0.4 is 10.5 Å². The minimum Gasteiger partial charge on any atom is -0.492 e. The molecule has 2 aliphatic rings. The van der Waals surface area contributed by atoms with Gasteiger partial charge in [-0.15, -0.1) is 0 Å². The summed E-state index contributed by atoms with van der Waals surface area (Å²) in [5, 5.41) is 0. The SMILES string of the molecule is NC(=O)N1CCCN(Cc2ccc(OCCN3CCCC3)cc2)CC1. The van der Waals surface area contributed by atoms with Gasteiger partial charge >= 0.3 is 6.03 Å². The number of likely N-dealkylation sites (tertiary alicyclic amines) is 1. The van der Waals surface area contributed by atoms with Crippen molar-refractivity contribution < 1.29 is 9.53 Å². The summed E-state index contributed by atoms with van der Waals surface area (Å²) in [4.78, 5) is 17.9. The summed E-state index contributed by atoms with van der Waals surface area (Å²) >= 11 is 0. The molecular weight excluding hydrogens is 316 g/mol. The van der Waals surface area contributed by atoms with E-state index in [2.05, 4.69) is 34.1 Å². The van der Waals surface area contributed by atoms with Crippen LogP contribution >= 0.6 is 0 Å². The molecule has 138 valence electrons. The summed E-state index contributed by atoms with van der Waals surface area (Å²) in [6, 6.07) is 8.10. The number of carbonyl (C=O) groups is 1. The number of rotatable bonds is 6. The highest BCUT2D eigenvalue weighted by Gasteiger charge is 2.17. The summed E-state index contributed by atoms with van der Waals surface area (Å²) in [6.07, 6.45) is 3.62. The number of primary amides is 1. The third-order valence-electron chi connectivity index (χ3n) is 5.10. The molecule has 0 spiro atoms. The molecule has 0 bridgehead atoms. The van der Waals surface area contributed by atoms with E-state index in [0.29, 0.717) is 6.54 Å². The molecule has 6 nitrogen and oxygen atoms in total. The zero-order valence-electron chi connectivity index (χ0n) is 15.0. The van der Waals surface area contributed by atoms with Gasteiger partial charge in [0.25, 0.3) is 0 Å². The van der Waals surface area contributed by atoms with Crippen molar-refractivity contribution in [2.24, 2.45) is 5.73 Å². The van der Waals surface area contributed by atoms with E-state index in [1.165, 1.54) is 31.5 Å². The van der Waals surface area contributed by atoms with E-state index in [9.17, 15) is 4.79 Å². The van der Waals surface area contributed by atoms with E-state index in [1.807, 2.05) is 0 Å². The van der Waals surface area contributed by atoms with Gasteiger partial charge in [0, 0.05) is 39.3 Å². The maximum absolute atomic E-state index is 11.3. The summed E-state index contributed by atoms with van der Waals surface area (Å²) in [5.74, 6) is 0.943. The molecule has 0 unspecified atom stereocenters. The van der Waals surface area contributed by atoms with Crippen molar-refractivity contribution in [3.05, 3.63) is 29.8 Å². The number of nitrogens with zero attached hydrogens (tertiary/aromatic N) is 3. The Kier molecular flexibility index (Phi) is 6.53. The first kappa shape index (κ1) is 18.0. The van der Waals surface area contributed by atoms with Gasteiger partial charge in [-0.1, -0.05) is 12.1 Å². The molecule has 2 N–H and O–H groups in total. The maximum atomic E-state index is 11.3. The normalized spacial score (nSPS) is 19.8. The largest absolute Gasteiger partial charge is 0.492 e. The average molecular weight is 346 g/mol. The Morgan fingerprint density at radius 1 is 0.920 bits per heavy atom.